The fourth-order valence-corrected chi connectivity index (χ4v) is 1.67. The number of nitro benzene ring substituents is 1. The van der Waals surface area contributed by atoms with Crippen LogP contribution in [0.5, 0.6) is 0 Å². The molecule has 21 heavy (non-hydrogen) atoms. The van der Waals surface area contributed by atoms with E-state index in [4.69, 9.17) is 16.6 Å². The van der Waals surface area contributed by atoms with E-state index >= 15 is 0 Å². The number of carbonyl (C=O) groups is 3. The average Bonchev–Trinajstić information content (AvgIpc) is 2.35. The lowest BCUT2D eigenvalue weighted by Gasteiger charge is -2.21. The van der Waals surface area contributed by atoms with Gasteiger partial charge in [0.15, 0.2) is 0 Å². The van der Waals surface area contributed by atoms with Gasteiger partial charge in [0.2, 0.25) is 11.8 Å². The molecule has 10 heteroatoms. The highest BCUT2D eigenvalue weighted by atomic mass is 16.6. The number of primary amides is 2. The van der Waals surface area contributed by atoms with Crippen LogP contribution in [-0.2, 0) is 9.59 Å². The van der Waals surface area contributed by atoms with E-state index in [1.54, 1.807) is 0 Å². The molecule has 5 N–H and O–H groups in total. The SMILES string of the molecule is NC(=O)CN(CC(N)=O)c1ccc(C(=O)O)cc1[N+](=O)[O-]. The number of nitrogens with zero attached hydrogens (tertiary/aromatic N) is 2. The molecule has 10 nitrogen and oxygen atoms in total. The number of nitrogens with two attached hydrogens (primary N) is 2. The number of amides is 2. The summed E-state index contributed by atoms with van der Waals surface area (Å²) in [4.78, 5) is 44.0. The number of hydrogen-bond acceptors (Lipinski definition) is 6. The number of carbonyl (C=O) groups excluding carboxylic acids is 2. The lowest BCUT2D eigenvalue weighted by Crippen LogP contribution is -2.40. The Bertz CT molecular complexity index is 599. The first-order valence-electron chi connectivity index (χ1n) is 5.55. The molecule has 0 aliphatic heterocycles. The van der Waals surface area contributed by atoms with Crippen molar-refractivity contribution in [2.45, 2.75) is 0 Å². The third-order valence-corrected chi connectivity index (χ3v) is 2.45. The Kier molecular flexibility index (Phi) is 4.78. The summed E-state index contributed by atoms with van der Waals surface area (Å²) in [5.41, 5.74) is 9.03. The number of nitro groups is 1. The number of anilines is 1. The molecule has 2 amide bonds. The van der Waals surface area contributed by atoms with E-state index in [1.165, 1.54) is 0 Å². The molecule has 0 atom stereocenters. The fourth-order valence-electron chi connectivity index (χ4n) is 1.67. The van der Waals surface area contributed by atoms with Crippen LogP contribution in [-0.4, -0.2) is 40.9 Å². The van der Waals surface area contributed by atoms with Crippen molar-refractivity contribution < 1.29 is 24.4 Å². The quantitative estimate of drug-likeness (QED) is 0.431. The predicted molar refractivity (Wildman–Crippen MR) is 70.7 cm³/mol. The topological polar surface area (TPSA) is 170 Å². The van der Waals surface area contributed by atoms with Gasteiger partial charge < -0.3 is 21.5 Å². The Morgan fingerprint density at radius 1 is 1.19 bits per heavy atom. The number of aromatic carboxylic acids is 1. The molecule has 0 fully saturated rings. The van der Waals surface area contributed by atoms with Gasteiger partial charge in [-0.2, -0.15) is 0 Å². The smallest absolute Gasteiger partial charge is 0.335 e. The van der Waals surface area contributed by atoms with Crippen molar-refractivity contribution in [3.63, 3.8) is 0 Å². The molecule has 112 valence electrons. The Morgan fingerprint density at radius 2 is 1.71 bits per heavy atom. The van der Waals surface area contributed by atoms with Crippen molar-refractivity contribution in [3.8, 4) is 0 Å². The first-order chi connectivity index (χ1) is 9.72. The van der Waals surface area contributed by atoms with Crippen LogP contribution in [0.3, 0.4) is 0 Å². The van der Waals surface area contributed by atoms with Crippen molar-refractivity contribution in [2.24, 2.45) is 11.5 Å². The minimum atomic E-state index is -1.35. The van der Waals surface area contributed by atoms with E-state index in [0.717, 1.165) is 23.1 Å². The van der Waals surface area contributed by atoms with Crippen LogP contribution < -0.4 is 16.4 Å². The van der Waals surface area contributed by atoms with Gasteiger partial charge >= 0.3 is 5.97 Å². The maximum Gasteiger partial charge on any atom is 0.335 e. The molecule has 1 aromatic carbocycles. The molecule has 1 aromatic rings. The number of carboxylic acid groups (broad SMARTS) is 1. The second-order valence-electron chi connectivity index (χ2n) is 4.05. The summed E-state index contributed by atoms with van der Waals surface area (Å²) in [6.45, 7) is -0.952. The summed E-state index contributed by atoms with van der Waals surface area (Å²) in [7, 11) is 0. The lowest BCUT2D eigenvalue weighted by atomic mass is 10.1. The normalized spacial score (nSPS) is 9.90. The van der Waals surface area contributed by atoms with E-state index < -0.39 is 41.5 Å². The number of rotatable bonds is 7. The molecule has 0 saturated heterocycles. The number of hydrogen-bond donors (Lipinski definition) is 3. The maximum absolute atomic E-state index is 11.0. The van der Waals surface area contributed by atoms with Gasteiger partial charge in [-0.3, -0.25) is 19.7 Å². The van der Waals surface area contributed by atoms with Crippen LogP contribution in [0, 0.1) is 10.1 Å². The van der Waals surface area contributed by atoms with E-state index in [0.29, 0.717) is 0 Å². The second-order valence-corrected chi connectivity index (χ2v) is 4.05. The van der Waals surface area contributed by atoms with Gasteiger partial charge in [0.1, 0.15) is 5.69 Å². The fraction of sp³-hybridized carbons (Fsp3) is 0.182. The maximum atomic E-state index is 11.0. The first kappa shape index (κ1) is 15.9. The molecule has 0 unspecified atom stereocenters. The van der Waals surface area contributed by atoms with E-state index in [1.807, 2.05) is 0 Å². The Balaban J connectivity index is 3.35. The zero-order valence-corrected chi connectivity index (χ0v) is 10.7. The standard InChI is InChI=1S/C11H12N4O6/c12-9(16)4-14(5-10(13)17)7-2-1-6(11(18)19)3-8(7)15(20)21/h1-3H,4-5H2,(H2,12,16)(H2,13,17)(H,18,19). The molecule has 0 spiro atoms. The molecular weight excluding hydrogens is 284 g/mol. The van der Waals surface area contributed by atoms with Crippen molar-refractivity contribution >= 4 is 29.2 Å². The molecule has 0 heterocycles. The predicted octanol–water partition coefficient (Wildman–Crippen LogP) is -0.930. The van der Waals surface area contributed by atoms with E-state index in [-0.39, 0.29) is 11.3 Å². The molecule has 0 saturated carbocycles. The molecule has 0 radical (unpaired) electrons. The van der Waals surface area contributed by atoms with Crippen LogP contribution >= 0.6 is 0 Å². The van der Waals surface area contributed by atoms with Crippen molar-refractivity contribution in [2.75, 3.05) is 18.0 Å². The highest BCUT2D eigenvalue weighted by Crippen LogP contribution is 2.29. The Morgan fingerprint density at radius 3 is 2.10 bits per heavy atom. The molecule has 0 aliphatic rings. The first-order valence-corrected chi connectivity index (χ1v) is 5.55. The van der Waals surface area contributed by atoms with Gasteiger partial charge in [-0.05, 0) is 12.1 Å². The van der Waals surface area contributed by atoms with Crippen LogP contribution in [0.25, 0.3) is 0 Å². The summed E-state index contributed by atoms with van der Waals surface area (Å²) >= 11 is 0. The highest BCUT2D eigenvalue weighted by molar-refractivity contribution is 5.91. The van der Waals surface area contributed by atoms with Crippen LogP contribution in [0.15, 0.2) is 18.2 Å². The third-order valence-electron chi connectivity index (χ3n) is 2.45. The summed E-state index contributed by atoms with van der Waals surface area (Å²) in [6, 6.07) is 3.06. The lowest BCUT2D eigenvalue weighted by molar-refractivity contribution is -0.384. The Hall–Kier alpha value is -3.17. The minimum absolute atomic E-state index is 0.123. The zero-order chi connectivity index (χ0) is 16.2. The summed E-state index contributed by atoms with van der Waals surface area (Å²) in [5, 5.41) is 19.9. The summed E-state index contributed by atoms with van der Waals surface area (Å²) < 4.78 is 0. The van der Waals surface area contributed by atoms with Crippen LogP contribution in [0.1, 0.15) is 10.4 Å². The van der Waals surface area contributed by atoms with Gasteiger partial charge in [0.25, 0.3) is 5.69 Å². The van der Waals surface area contributed by atoms with E-state index in [2.05, 4.69) is 0 Å². The largest absolute Gasteiger partial charge is 0.478 e. The summed E-state index contributed by atoms with van der Waals surface area (Å²) in [6.07, 6.45) is 0. The van der Waals surface area contributed by atoms with Gasteiger partial charge in [-0.25, -0.2) is 4.79 Å². The summed E-state index contributed by atoms with van der Waals surface area (Å²) in [5.74, 6) is -3.00. The molecule has 0 aliphatic carbocycles. The number of benzene rings is 1. The Labute approximate surface area is 118 Å². The zero-order valence-electron chi connectivity index (χ0n) is 10.7. The minimum Gasteiger partial charge on any atom is -0.478 e. The van der Waals surface area contributed by atoms with Crippen LogP contribution in [0.4, 0.5) is 11.4 Å². The van der Waals surface area contributed by atoms with Crippen molar-refractivity contribution in [1.82, 2.24) is 0 Å². The van der Waals surface area contributed by atoms with Crippen molar-refractivity contribution in [1.29, 1.82) is 0 Å². The average molecular weight is 296 g/mol. The molecule has 0 bridgehead atoms. The number of carboxylic acids is 1. The molecular formula is C11H12N4O6. The van der Waals surface area contributed by atoms with Gasteiger partial charge in [0, 0.05) is 6.07 Å². The monoisotopic (exact) mass is 296 g/mol. The van der Waals surface area contributed by atoms with Crippen molar-refractivity contribution in [3.05, 3.63) is 33.9 Å². The van der Waals surface area contributed by atoms with Gasteiger partial charge in [-0.1, -0.05) is 0 Å². The highest BCUT2D eigenvalue weighted by Gasteiger charge is 2.23. The third kappa shape index (κ3) is 4.16. The second kappa shape index (κ2) is 6.32. The van der Waals surface area contributed by atoms with Gasteiger partial charge in [0.05, 0.1) is 23.6 Å². The molecule has 0 aromatic heterocycles. The van der Waals surface area contributed by atoms with Gasteiger partial charge in [-0.15, -0.1) is 0 Å². The van der Waals surface area contributed by atoms with E-state index in [9.17, 15) is 24.5 Å². The van der Waals surface area contributed by atoms with Crippen LogP contribution in [0.2, 0.25) is 0 Å². The molecule has 1 rings (SSSR count).